The molecule has 0 aliphatic heterocycles. The van der Waals surface area contributed by atoms with Gasteiger partial charge in [0.05, 0.1) is 18.4 Å². The van der Waals surface area contributed by atoms with Crippen LogP contribution in [0.3, 0.4) is 0 Å². The molecule has 8 nitrogen and oxygen atoms in total. The third-order valence-corrected chi connectivity index (χ3v) is 3.96. The van der Waals surface area contributed by atoms with E-state index in [4.69, 9.17) is 6.42 Å². The molecule has 0 saturated carbocycles. The highest BCUT2D eigenvalue weighted by molar-refractivity contribution is 9.10. The minimum absolute atomic E-state index is 0.353. The van der Waals surface area contributed by atoms with E-state index in [1.807, 2.05) is 19.2 Å². The summed E-state index contributed by atoms with van der Waals surface area (Å²) in [6.45, 7) is 3.06. The SMILES string of the molecule is C#CCNc1nc(-n2cc(-c3ccncn3)cn2)nc(NCC)c1Br. The summed E-state index contributed by atoms with van der Waals surface area (Å²) >= 11 is 3.50. The molecule has 25 heavy (non-hydrogen) atoms. The number of nitrogens with one attached hydrogen (secondary N) is 2. The second kappa shape index (κ2) is 7.72. The summed E-state index contributed by atoms with van der Waals surface area (Å²) < 4.78 is 2.31. The third kappa shape index (κ3) is 3.75. The van der Waals surface area contributed by atoms with Gasteiger partial charge in [0, 0.05) is 24.5 Å². The molecular weight excluding hydrogens is 384 g/mol. The summed E-state index contributed by atoms with van der Waals surface area (Å²) in [5.74, 6) is 4.20. The summed E-state index contributed by atoms with van der Waals surface area (Å²) in [7, 11) is 0. The van der Waals surface area contributed by atoms with Crippen molar-refractivity contribution in [3.05, 3.63) is 35.5 Å². The van der Waals surface area contributed by atoms with Crippen molar-refractivity contribution in [1.82, 2.24) is 29.7 Å². The summed E-state index contributed by atoms with van der Waals surface area (Å²) in [5, 5.41) is 10.6. The summed E-state index contributed by atoms with van der Waals surface area (Å²) in [4.78, 5) is 17.1. The van der Waals surface area contributed by atoms with E-state index in [2.05, 4.69) is 57.5 Å². The molecular formula is C16H15BrN8. The van der Waals surface area contributed by atoms with Crippen LogP contribution < -0.4 is 10.6 Å². The van der Waals surface area contributed by atoms with Crippen LogP contribution in [0.5, 0.6) is 0 Å². The van der Waals surface area contributed by atoms with Crippen LogP contribution in [-0.4, -0.2) is 42.8 Å². The van der Waals surface area contributed by atoms with E-state index in [1.54, 1.807) is 17.1 Å². The van der Waals surface area contributed by atoms with Gasteiger partial charge in [0.15, 0.2) is 0 Å². The molecule has 3 heterocycles. The van der Waals surface area contributed by atoms with Gasteiger partial charge in [-0.3, -0.25) is 0 Å². The molecule has 126 valence electrons. The minimum atomic E-state index is 0.353. The second-order valence-electron chi connectivity index (χ2n) is 4.89. The summed E-state index contributed by atoms with van der Waals surface area (Å²) in [5.41, 5.74) is 1.62. The zero-order valence-corrected chi connectivity index (χ0v) is 15.0. The van der Waals surface area contributed by atoms with E-state index in [1.165, 1.54) is 6.33 Å². The van der Waals surface area contributed by atoms with Gasteiger partial charge >= 0.3 is 0 Å². The molecule has 3 aromatic heterocycles. The van der Waals surface area contributed by atoms with Gasteiger partial charge in [-0.25, -0.2) is 14.6 Å². The predicted octanol–water partition coefficient (Wildman–Crippen LogP) is 2.36. The molecule has 0 aliphatic rings. The molecule has 0 fully saturated rings. The highest BCUT2D eigenvalue weighted by atomic mass is 79.9. The topological polar surface area (TPSA) is 93.4 Å². The maximum atomic E-state index is 5.32. The first-order valence-electron chi connectivity index (χ1n) is 7.53. The average molecular weight is 399 g/mol. The van der Waals surface area contributed by atoms with Gasteiger partial charge in [-0.05, 0) is 28.9 Å². The van der Waals surface area contributed by atoms with Crippen molar-refractivity contribution in [3.63, 3.8) is 0 Å². The Morgan fingerprint density at radius 2 is 2.08 bits per heavy atom. The third-order valence-electron chi connectivity index (χ3n) is 3.21. The van der Waals surface area contributed by atoms with Crippen molar-refractivity contribution in [2.45, 2.75) is 6.92 Å². The molecule has 2 N–H and O–H groups in total. The van der Waals surface area contributed by atoms with Crippen molar-refractivity contribution in [2.24, 2.45) is 0 Å². The first-order valence-corrected chi connectivity index (χ1v) is 8.32. The van der Waals surface area contributed by atoms with Crippen molar-refractivity contribution in [3.8, 4) is 29.5 Å². The zero-order valence-electron chi connectivity index (χ0n) is 13.4. The van der Waals surface area contributed by atoms with Gasteiger partial charge in [0.25, 0.3) is 5.95 Å². The quantitative estimate of drug-likeness (QED) is 0.615. The lowest BCUT2D eigenvalue weighted by atomic mass is 10.2. The molecule has 0 unspecified atom stereocenters. The number of halogens is 1. The Hall–Kier alpha value is -2.99. The standard InChI is InChI=1S/C16H15BrN8/c1-3-6-20-15-13(17)14(19-4-2)23-16(24-15)25-9-11(8-22-25)12-5-7-18-10-21-12/h1,5,7-10H,4,6H2,2H3,(H2,19,20,23,24). The van der Waals surface area contributed by atoms with E-state index in [9.17, 15) is 0 Å². The van der Waals surface area contributed by atoms with E-state index in [0.29, 0.717) is 24.1 Å². The van der Waals surface area contributed by atoms with Crippen molar-refractivity contribution < 1.29 is 0 Å². The van der Waals surface area contributed by atoms with Crippen LogP contribution >= 0.6 is 15.9 Å². The fourth-order valence-corrected chi connectivity index (χ4v) is 2.56. The smallest absolute Gasteiger partial charge is 0.254 e. The van der Waals surface area contributed by atoms with Crippen LogP contribution in [0.1, 0.15) is 6.92 Å². The van der Waals surface area contributed by atoms with Crippen molar-refractivity contribution >= 4 is 27.6 Å². The number of anilines is 2. The van der Waals surface area contributed by atoms with Gasteiger partial charge < -0.3 is 10.6 Å². The van der Waals surface area contributed by atoms with Crippen molar-refractivity contribution in [1.29, 1.82) is 0 Å². The van der Waals surface area contributed by atoms with E-state index in [0.717, 1.165) is 22.3 Å². The fourth-order valence-electron chi connectivity index (χ4n) is 2.10. The molecule has 0 amide bonds. The van der Waals surface area contributed by atoms with Crippen molar-refractivity contribution in [2.75, 3.05) is 23.7 Å². The van der Waals surface area contributed by atoms with Gasteiger partial charge in [0.2, 0.25) is 0 Å². The fraction of sp³-hybridized carbons (Fsp3) is 0.188. The largest absolute Gasteiger partial charge is 0.369 e. The van der Waals surface area contributed by atoms with Crippen LogP contribution in [0.15, 0.2) is 35.5 Å². The Bertz CT molecular complexity index is 900. The maximum absolute atomic E-state index is 5.32. The molecule has 0 radical (unpaired) electrons. The zero-order chi connectivity index (χ0) is 17.6. The van der Waals surface area contributed by atoms with Crippen LogP contribution in [0.4, 0.5) is 11.6 Å². The molecule has 0 spiro atoms. The molecule has 0 saturated heterocycles. The molecule has 9 heteroatoms. The number of aromatic nitrogens is 6. The lowest BCUT2D eigenvalue weighted by Gasteiger charge is -2.12. The summed E-state index contributed by atoms with van der Waals surface area (Å²) in [6.07, 6.45) is 12.0. The molecule has 0 bridgehead atoms. The Morgan fingerprint density at radius 1 is 1.28 bits per heavy atom. The molecule has 3 rings (SSSR count). The lowest BCUT2D eigenvalue weighted by Crippen LogP contribution is -2.11. The number of nitrogens with zero attached hydrogens (tertiary/aromatic N) is 6. The van der Waals surface area contributed by atoms with E-state index >= 15 is 0 Å². The molecule has 0 atom stereocenters. The Kier molecular flexibility index (Phi) is 5.20. The first kappa shape index (κ1) is 16.9. The second-order valence-corrected chi connectivity index (χ2v) is 5.68. The Morgan fingerprint density at radius 3 is 2.76 bits per heavy atom. The van der Waals surface area contributed by atoms with Gasteiger partial charge in [-0.2, -0.15) is 15.1 Å². The average Bonchev–Trinajstić information content (AvgIpc) is 3.13. The number of rotatable bonds is 6. The van der Waals surface area contributed by atoms with Crippen LogP contribution in [-0.2, 0) is 0 Å². The minimum Gasteiger partial charge on any atom is -0.369 e. The summed E-state index contributed by atoms with van der Waals surface area (Å²) in [6, 6.07) is 1.81. The van der Waals surface area contributed by atoms with Gasteiger partial charge in [0.1, 0.15) is 22.4 Å². The van der Waals surface area contributed by atoms with Crippen LogP contribution in [0.25, 0.3) is 17.2 Å². The molecule has 3 aromatic rings. The maximum Gasteiger partial charge on any atom is 0.254 e. The van der Waals surface area contributed by atoms with E-state index < -0.39 is 0 Å². The molecule has 0 aliphatic carbocycles. The van der Waals surface area contributed by atoms with Crippen LogP contribution in [0, 0.1) is 12.3 Å². The van der Waals surface area contributed by atoms with Gasteiger partial charge in [-0.1, -0.05) is 5.92 Å². The van der Waals surface area contributed by atoms with Crippen LogP contribution in [0.2, 0.25) is 0 Å². The number of hydrogen-bond donors (Lipinski definition) is 2. The predicted molar refractivity (Wildman–Crippen MR) is 99.4 cm³/mol. The Balaban J connectivity index is 2.00. The number of terminal acetylenes is 1. The van der Waals surface area contributed by atoms with Gasteiger partial charge in [-0.15, -0.1) is 6.42 Å². The highest BCUT2D eigenvalue weighted by Crippen LogP contribution is 2.28. The highest BCUT2D eigenvalue weighted by Gasteiger charge is 2.14. The van der Waals surface area contributed by atoms with E-state index in [-0.39, 0.29) is 0 Å². The molecule has 0 aromatic carbocycles. The normalized spacial score (nSPS) is 10.3. The number of hydrogen-bond acceptors (Lipinski definition) is 7. The first-order chi connectivity index (χ1) is 12.2. The monoisotopic (exact) mass is 398 g/mol. The lowest BCUT2D eigenvalue weighted by molar-refractivity contribution is 0.808. The Labute approximate surface area is 153 Å².